The van der Waals surface area contributed by atoms with Gasteiger partial charge in [-0.2, -0.15) is 0 Å². The Labute approximate surface area is 53.9 Å². The third-order valence-corrected chi connectivity index (χ3v) is 0.967. The molecule has 1 heterocycles. The van der Waals surface area contributed by atoms with Crippen molar-refractivity contribution in [3.8, 4) is 0 Å². The van der Waals surface area contributed by atoms with Gasteiger partial charge < -0.3 is 4.84 Å². The molecule has 1 aliphatic rings. The standard InChI is InChI=1S/C6H9NO2/c1-5(2)6(8)9-7-3-4-7/h1,3-4H2,2H3. The Morgan fingerprint density at radius 3 is 2.56 bits per heavy atom. The number of hydrogen-bond donors (Lipinski definition) is 0. The van der Waals surface area contributed by atoms with Crippen molar-refractivity contribution in [1.82, 2.24) is 5.06 Å². The number of carbonyl (C=O) groups excluding carboxylic acids is 1. The van der Waals surface area contributed by atoms with Gasteiger partial charge in [0.2, 0.25) is 0 Å². The summed E-state index contributed by atoms with van der Waals surface area (Å²) in [6.07, 6.45) is 0. The van der Waals surface area contributed by atoms with Crippen molar-refractivity contribution < 1.29 is 9.63 Å². The van der Waals surface area contributed by atoms with Crippen molar-refractivity contribution in [3.05, 3.63) is 12.2 Å². The molecule has 1 fully saturated rings. The minimum Gasteiger partial charge on any atom is -0.364 e. The van der Waals surface area contributed by atoms with Crippen molar-refractivity contribution in [2.45, 2.75) is 6.92 Å². The first-order valence-electron chi connectivity index (χ1n) is 2.83. The van der Waals surface area contributed by atoms with E-state index in [4.69, 9.17) is 4.84 Å². The second-order valence-corrected chi connectivity index (χ2v) is 2.09. The van der Waals surface area contributed by atoms with E-state index in [1.165, 1.54) is 0 Å². The van der Waals surface area contributed by atoms with Gasteiger partial charge in [0.15, 0.2) is 0 Å². The van der Waals surface area contributed by atoms with E-state index in [1.807, 2.05) is 0 Å². The summed E-state index contributed by atoms with van der Waals surface area (Å²) < 4.78 is 0. The van der Waals surface area contributed by atoms with Gasteiger partial charge in [0.25, 0.3) is 0 Å². The Morgan fingerprint density at radius 1 is 1.67 bits per heavy atom. The zero-order chi connectivity index (χ0) is 6.85. The Kier molecular flexibility index (Phi) is 1.53. The van der Waals surface area contributed by atoms with Crippen LogP contribution in [0.25, 0.3) is 0 Å². The molecule has 3 heteroatoms. The fraction of sp³-hybridized carbons (Fsp3) is 0.500. The Balaban J connectivity index is 2.25. The number of hydroxylamine groups is 2. The predicted molar refractivity (Wildman–Crippen MR) is 32.5 cm³/mol. The molecule has 0 unspecified atom stereocenters. The molecule has 1 aliphatic heterocycles. The number of rotatable bonds is 2. The van der Waals surface area contributed by atoms with Crippen LogP contribution in [-0.2, 0) is 9.63 Å². The van der Waals surface area contributed by atoms with Crippen LogP contribution in [-0.4, -0.2) is 24.1 Å². The highest BCUT2D eigenvalue weighted by molar-refractivity contribution is 5.86. The van der Waals surface area contributed by atoms with Gasteiger partial charge in [-0.1, -0.05) is 6.58 Å². The predicted octanol–water partition coefficient (Wildman–Crippen LogP) is 0.336. The minimum atomic E-state index is -0.326. The third-order valence-electron chi connectivity index (χ3n) is 0.967. The lowest BCUT2D eigenvalue weighted by molar-refractivity contribution is -0.160. The molecule has 0 aliphatic carbocycles. The van der Waals surface area contributed by atoms with Gasteiger partial charge in [-0.25, -0.2) is 4.79 Å². The van der Waals surface area contributed by atoms with Crippen molar-refractivity contribution in [2.75, 3.05) is 13.1 Å². The van der Waals surface area contributed by atoms with Gasteiger partial charge in [-0.05, 0) is 6.92 Å². The van der Waals surface area contributed by atoms with Crippen LogP contribution in [0.3, 0.4) is 0 Å². The van der Waals surface area contributed by atoms with Crippen LogP contribution in [0, 0.1) is 0 Å². The summed E-state index contributed by atoms with van der Waals surface area (Å²) in [5.41, 5.74) is 0.446. The molecule has 1 saturated heterocycles. The van der Waals surface area contributed by atoms with E-state index in [2.05, 4.69) is 6.58 Å². The second-order valence-electron chi connectivity index (χ2n) is 2.09. The second kappa shape index (κ2) is 2.19. The van der Waals surface area contributed by atoms with Crippen molar-refractivity contribution in [3.63, 3.8) is 0 Å². The van der Waals surface area contributed by atoms with Crippen LogP contribution in [0.2, 0.25) is 0 Å². The van der Waals surface area contributed by atoms with E-state index < -0.39 is 0 Å². The van der Waals surface area contributed by atoms with Crippen LogP contribution in [0.5, 0.6) is 0 Å². The highest BCUT2D eigenvalue weighted by Gasteiger charge is 2.22. The number of nitrogens with zero attached hydrogens (tertiary/aromatic N) is 1. The van der Waals surface area contributed by atoms with E-state index in [0.29, 0.717) is 5.57 Å². The monoisotopic (exact) mass is 127 g/mol. The fourth-order valence-electron chi connectivity index (χ4n) is 0.327. The first-order valence-corrected chi connectivity index (χ1v) is 2.83. The van der Waals surface area contributed by atoms with E-state index in [9.17, 15) is 4.79 Å². The summed E-state index contributed by atoms with van der Waals surface area (Å²) in [6, 6.07) is 0. The van der Waals surface area contributed by atoms with Crippen LogP contribution in [0.1, 0.15) is 6.92 Å². The van der Waals surface area contributed by atoms with Gasteiger partial charge in [-0.3, -0.25) is 0 Å². The lowest BCUT2D eigenvalue weighted by atomic mass is 10.4. The van der Waals surface area contributed by atoms with Gasteiger partial charge in [0.1, 0.15) is 0 Å². The van der Waals surface area contributed by atoms with E-state index in [1.54, 1.807) is 12.0 Å². The summed E-state index contributed by atoms with van der Waals surface area (Å²) in [5.74, 6) is -0.326. The molecule has 0 amide bonds. The molecular formula is C6H9NO2. The first-order chi connectivity index (χ1) is 4.20. The van der Waals surface area contributed by atoms with Gasteiger partial charge in [0.05, 0.1) is 13.1 Å². The summed E-state index contributed by atoms with van der Waals surface area (Å²) in [5, 5.41) is 1.58. The van der Waals surface area contributed by atoms with Crippen LogP contribution in [0.15, 0.2) is 12.2 Å². The molecule has 3 nitrogen and oxygen atoms in total. The Hall–Kier alpha value is -0.830. The summed E-state index contributed by atoms with van der Waals surface area (Å²) in [7, 11) is 0. The summed E-state index contributed by atoms with van der Waals surface area (Å²) in [4.78, 5) is 15.3. The average molecular weight is 127 g/mol. The van der Waals surface area contributed by atoms with Gasteiger partial charge in [-0.15, -0.1) is 5.06 Å². The highest BCUT2D eigenvalue weighted by Crippen LogP contribution is 2.06. The van der Waals surface area contributed by atoms with E-state index in [-0.39, 0.29) is 5.97 Å². The maximum Gasteiger partial charge on any atom is 0.352 e. The Bertz CT molecular complexity index is 149. The van der Waals surface area contributed by atoms with Crippen molar-refractivity contribution >= 4 is 5.97 Å². The van der Waals surface area contributed by atoms with E-state index in [0.717, 1.165) is 13.1 Å². The molecule has 50 valence electrons. The number of carbonyl (C=O) groups is 1. The van der Waals surface area contributed by atoms with Crippen molar-refractivity contribution in [2.24, 2.45) is 0 Å². The maximum absolute atomic E-state index is 10.6. The fourth-order valence-corrected chi connectivity index (χ4v) is 0.327. The molecule has 0 aromatic carbocycles. The molecule has 0 spiro atoms. The molecule has 0 radical (unpaired) electrons. The lowest BCUT2D eigenvalue weighted by Gasteiger charge is -1.99. The molecule has 0 saturated carbocycles. The molecular weight excluding hydrogens is 118 g/mol. The molecule has 0 bridgehead atoms. The smallest absolute Gasteiger partial charge is 0.352 e. The molecule has 1 rings (SSSR count). The molecule has 0 aromatic rings. The maximum atomic E-state index is 10.6. The molecule has 0 atom stereocenters. The van der Waals surface area contributed by atoms with Crippen LogP contribution < -0.4 is 0 Å². The largest absolute Gasteiger partial charge is 0.364 e. The lowest BCUT2D eigenvalue weighted by Crippen LogP contribution is -2.09. The highest BCUT2D eigenvalue weighted by atomic mass is 16.7. The molecule has 0 aromatic heterocycles. The summed E-state index contributed by atoms with van der Waals surface area (Å²) in [6.45, 7) is 6.79. The van der Waals surface area contributed by atoms with Crippen LogP contribution in [0.4, 0.5) is 0 Å². The minimum absolute atomic E-state index is 0.326. The quantitative estimate of drug-likeness (QED) is 0.395. The van der Waals surface area contributed by atoms with Gasteiger partial charge >= 0.3 is 5.97 Å². The zero-order valence-electron chi connectivity index (χ0n) is 5.39. The average Bonchev–Trinajstić information content (AvgIpc) is 2.50. The van der Waals surface area contributed by atoms with Crippen LogP contribution >= 0.6 is 0 Å². The topological polar surface area (TPSA) is 29.3 Å². The van der Waals surface area contributed by atoms with Crippen molar-refractivity contribution in [1.29, 1.82) is 0 Å². The third kappa shape index (κ3) is 1.85. The summed E-state index contributed by atoms with van der Waals surface area (Å²) >= 11 is 0. The SMILES string of the molecule is C=C(C)C(=O)ON1CC1. The number of hydrogen-bond acceptors (Lipinski definition) is 3. The molecule has 0 N–H and O–H groups in total. The van der Waals surface area contributed by atoms with E-state index >= 15 is 0 Å². The normalized spacial score (nSPS) is 17.0. The van der Waals surface area contributed by atoms with Gasteiger partial charge in [0, 0.05) is 5.57 Å². The zero-order valence-corrected chi connectivity index (χ0v) is 5.39. The first kappa shape index (κ1) is 6.29. The molecule has 9 heavy (non-hydrogen) atoms. The Morgan fingerprint density at radius 2 is 2.22 bits per heavy atom.